The second kappa shape index (κ2) is 4.87. The molecule has 4 nitrogen and oxygen atoms in total. The van der Waals surface area contributed by atoms with Crippen LogP contribution in [0.15, 0.2) is 28.7 Å². The van der Waals surface area contributed by atoms with Crippen molar-refractivity contribution in [2.24, 2.45) is 0 Å². The van der Waals surface area contributed by atoms with Gasteiger partial charge in [0.25, 0.3) is 0 Å². The van der Waals surface area contributed by atoms with E-state index in [1.165, 1.54) is 0 Å². The fraction of sp³-hybridized carbons (Fsp3) is 0.333. The quantitative estimate of drug-likeness (QED) is 0.801. The highest BCUT2D eigenvalue weighted by Crippen LogP contribution is 2.13. The number of nitrogens with zero attached hydrogens (tertiary/aromatic N) is 2. The van der Waals surface area contributed by atoms with E-state index in [1.54, 1.807) is 29.0 Å². The Labute approximate surface area is 108 Å². The molecular formula is C12H13BrN2O2. The van der Waals surface area contributed by atoms with Gasteiger partial charge in [0.1, 0.15) is 0 Å². The topological polar surface area (TPSA) is 40.6 Å². The second-order valence-corrected chi connectivity index (χ2v) is 4.97. The van der Waals surface area contributed by atoms with E-state index in [0.29, 0.717) is 18.7 Å². The van der Waals surface area contributed by atoms with Crippen molar-refractivity contribution in [1.82, 2.24) is 9.80 Å². The van der Waals surface area contributed by atoms with Crippen molar-refractivity contribution in [1.29, 1.82) is 0 Å². The fourth-order valence-corrected chi connectivity index (χ4v) is 2.18. The highest BCUT2D eigenvalue weighted by Gasteiger charge is 2.27. The molecule has 0 aliphatic carbocycles. The van der Waals surface area contributed by atoms with E-state index in [4.69, 9.17) is 0 Å². The maximum Gasteiger partial charge on any atom is 0.320 e. The van der Waals surface area contributed by atoms with E-state index in [-0.39, 0.29) is 18.4 Å². The van der Waals surface area contributed by atoms with Crippen LogP contribution in [0.25, 0.3) is 0 Å². The summed E-state index contributed by atoms with van der Waals surface area (Å²) in [5.74, 6) is -0.0325. The van der Waals surface area contributed by atoms with Gasteiger partial charge in [-0.25, -0.2) is 4.79 Å². The first-order valence-electron chi connectivity index (χ1n) is 5.37. The molecule has 0 saturated carbocycles. The Hall–Kier alpha value is -1.36. The molecule has 0 bridgehead atoms. The minimum atomic E-state index is -0.0756. The van der Waals surface area contributed by atoms with Crippen molar-refractivity contribution in [3.05, 3.63) is 34.3 Å². The van der Waals surface area contributed by atoms with Crippen LogP contribution in [0.1, 0.15) is 10.4 Å². The Morgan fingerprint density at radius 3 is 2.76 bits per heavy atom. The molecule has 0 radical (unpaired) electrons. The van der Waals surface area contributed by atoms with Gasteiger partial charge in [-0.3, -0.25) is 4.79 Å². The van der Waals surface area contributed by atoms with Crippen LogP contribution in [-0.4, -0.2) is 48.3 Å². The van der Waals surface area contributed by atoms with E-state index < -0.39 is 0 Å². The number of carbonyl (C=O) groups is 2. The third kappa shape index (κ3) is 2.66. The highest BCUT2D eigenvalue weighted by molar-refractivity contribution is 9.10. The molecule has 90 valence electrons. The number of halogens is 1. The maximum atomic E-state index is 12.0. The Morgan fingerprint density at radius 2 is 2.18 bits per heavy atom. The van der Waals surface area contributed by atoms with E-state index in [0.717, 1.165) is 4.47 Å². The minimum absolute atomic E-state index is 0.0325. The molecule has 5 heteroatoms. The van der Waals surface area contributed by atoms with Crippen LogP contribution in [0.4, 0.5) is 4.79 Å². The van der Waals surface area contributed by atoms with Crippen LogP contribution in [0.3, 0.4) is 0 Å². The number of hydrogen-bond acceptors (Lipinski definition) is 2. The first-order valence-corrected chi connectivity index (χ1v) is 6.16. The zero-order valence-corrected chi connectivity index (χ0v) is 11.1. The summed E-state index contributed by atoms with van der Waals surface area (Å²) < 4.78 is 0.869. The van der Waals surface area contributed by atoms with Crippen LogP contribution < -0.4 is 0 Å². The summed E-state index contributed by atoms with van der Waals surface area (Å²) >= 11 is 3.32. The van der Waals surface area contributed by atoms with Crippen molar-refractivity contribution < 1.29 is 9.59 Å². The molecule has 0 aromatic heterocycles. The molecule has 1 fully saturated rings. The molecule has 1 heterocycles. The first kappa shape index (κ1) is 12.1. The number of hydrogen-bond donors (Lipinski definition) is 0. The van der Waals surface area contributed by atoms with Crippen molar-refractivity contribution in [2.75, 3.05) is 26.7 Å². The Kier molecular flexibility index (Phi) is 3.47. The molecule has 2 rings (SSSR count). The van der Waals surface area contributed by atoms with Gasteiger partial charge in [0.2, 0.25) is 0 Å². The molecule has 0 spiro atoms. The summed E-state index contributed by atoms with van der Waals surface area (Å²) in [4.78, 5) is 26.8. The molecule has 1 saturated heterocycles. The van der Waals surface area contributed by atoms with E-state index in [2.05, 4.69) is 15.9 Å². The molecule has 0 unspecified atom stereocenters. The predicted molar refractivity (Wildman–Crippen MR) is 68.1 cm³/mol. The monoisotopic (exact) mass is 296 g/mol. The Bertz CT molecular complexity index is 462. The normalized spacial score (nSPS) is 15.5. The van der Waals surface area contributed by atoms with Gasteiger partial charge in [-0.05, 0) is 12.1 Å². The number of likely N-dealkylation sites (N-methyl/N-ethyl adjacent to an activating group) is 1. The summed E-state index contributed by atoms with van der Waals surface area (Å²) in [7, 11) is 1.74. The van der Waals surface area contributed by atoms with Crippen molar-refractivity contribution >= 4 is 27.7 Å². The summed E-state index contributed by atoms with van der Waals surface area (Å²) in [6.07, 6.45) is 0. The van der Waals surface area contributed by atoms with Crippen LogP contribution in [-0.2, 0) is 0 Å². The van der Waals surface area contributed by atoms with Gasteiger partial charge in [-0.1, -0.05) is 28.1 Å². The van der Waals surface area contributed by atoms with Crippen LogP contribution >= 0.6 is 15.9 Å². The predicted octanol–water partition coefficient (Wildman–Crippen LogP) is 2.00. The number of benzene rings is 1. The number of urea groups is 1. The third-order valence-corrected chi connectivity index (χ3v) is 3.28. The number of amides is 2. The SMILES string of the molecule is CN1CCN(CC(=O)c2cccc(Br)c2)C1=O. The van der Waals surface area contributed by atoms with Crippen molar-refractivity contribution in [3.63, 3.8) is 0 Å². The van der Waals surface area contributed by atoms with Gasteiger partial charge >= 0.3 is 6.03 Å². The molecule has 1 aliphatic heterocycles. The van der Waals surface area contributed by atoms with Crippen molar-refractivity contribution in [2.45, 2.75) is 0 Å². The average Bonchev–Trinajstić information content (AvgIpc) is 2.61. The van der Waals surface area contributed by atoms with Crippen LogP contribution in [0.5, 0.6) is 0 Å². The standard InChI is InChI=1S/C12H13BrN2O2/c1-14-5-6-15(12(14)17)8-11(16)9-3-2-4-10(13)7-9/h2-4,7H,5-6,8H2,1H3. The van der Waals surface area contributed by atoms with Gasteiger partial charge in [0.05, 0.1) is 6.54 Å². The van der Waals surface area contributed by atoms with E-state index >= 15 is 0 Å². The lowest BCUT2D eigenvalue weighted by molar-refractivity contribution is 0.0952. The summed E-state index contributed by atoms with van der Waals surface area (Å²) in [5.41, 5.74) is 0.627. The summed E-state index contributed by atoms with van der Waals surface area (Å²) in [6, 6.07) is 7.14. The minimum Gasteiger partial charge on any atom is -0.326 e. The van der Waals surface area contributed by atoms with Crippen molar-refractivity contribution in [3.8, 4) is 0 Å². The maximum absolute atomic E-state index is 12.0. The number of ketones is 1. The summed E-state index contributed by atoms with van der Waals surface area (Å²) in [6.45, 7) is 1.46. The zero-order valence-electron chi connectivity index (χ0n) is 9.52. The Balaban J connectivity index is 2.05. The molecular weight excluding hydrogens is 284 g/mol. The molecule has 2 amide bonds. The van der Waals surface area contributed by atoms with Crippen LogP contribution in [0.2, 0.25) is 0 Å². The fourth-order valence-electron chi connectivity index (χ4n) is 1.78. The first-order chi connectivity index (χ1) is 8.08. The lowest BCUT2D eigenvalue weighted by atomic mass is 10.1. The molecule has 0 N–H and O–H groups in total. The van der Waals surface area contributed by atoms with E-state index in [9.17, 15) is 9.59 Å². The average molecular weight is 297 g/mol. The smallest absolute Gasteiger partial charge is 0.320 e. The molecule has 1 aromatic rings. The lowest BCUT2D eigenvalue weighted by Crippen LogP contribution is -2.33. The number of rotatable bonds is 3. The van der Waals surface area contributed by atoms with Gasteiger partial charge in [0, 0.05) is 30.2 Å². The summed E-state index contributed by atoms with van der Waals surface area (Å²) in [5, 5.41) is 0. The molecule has 1 aromatic carbocycles. The van der Waals surface area contributed by atoms with Gasteiger partial charge in [-0.15, -0.1) is 0 Å². The third-order valence-electron chi connectivity index (χ3n) is 2.78. The molecule has 1 aliphatic rings. The zero-order chi connectivity index (χ0) is 12.4. The molecule has 17 heavy (non-hydrogen) atoms. The van der Waals surface area contributed by atoms with Gasteiger partial charge < -0.3 is 9.80 Å². The molecule has 0 atom stereocenters. The van der Waals surface area contributed by atoms with Gasteiger partial charge in [0.15, 0.2) is 5.78 Å². The van der Waals surface area contributed by atoms with E-state index in [1.807, 2.05) is 12.1 Å². The number of carbonyl (C=O) groups excluding carboxylic acids is 2. The second-order valence-electron chi connectivity index (χ2n) is 4.06. The Morgan fingerprint density at radius 1 is 1.41 bits per heavy atom. The largest absolute Gasteiger partial charge is 0.326 e. The van der Waals surface area contributed by atoms with Crippen LogP contribution in [0, 0.1) is 0 Å². The highest BCUT2D eigenvalue weighted by atomic mass is 79.9. The van der Waals surface area contributed by atoms with Gasteiger partial charge in [-0.2, -0.15) is 0 Å². The lowest BCUT2D eigenvalue weighted by Gasteiger charge is -2.14. The number of Topliss-reactive ketones (excluding diaryl/α,β-unsaturated/α-hetero) is 1.